The fourth-order valence-corrected chi connectivity index (χ4v) is 3.12. The summed E-state index contributed by atoms with van der Waals surface area (Å²) < 4.78 is 7.66. The summed E-state index contributed by atoms with van der Waals surface area (Å²) in [6.45, 7) is 8.63. The molecule has 0 aliphatic carbocycles. The molecule has 0 aliphatic heterocycles. The zero-order valence-electron chi connectivity index (χ0n) is 18.1. The van der Waals surface area contributed by atoms with Crippen LogP contribution in [0.5, 0.6) is 0 Å². The molecule has 2 aromatic heterocycles. The molecule has 8 heteroatoms. The Hall–Kier alpha value is -2.36. The first kappa shape index (κ1) is 23.9. The molecule has 1 aromatic carbocycles. The van der Waals surface area contributed by atoms with Gasteiger partial charge in [-0.3, -0.25) is 9.67 Å². The Bertz CT molecular complexity index is 945. The third-order valence-corrected chi connectivity index (χ3v) is 4.69. The van der Waals surface area contributed by atoms with Crippen LogP contribution >= 0.6 is 24.0 Å². The largest absolute Gasteiger partial charge is 0.444 e. The quantitative estimate of drug-likeness (QED) is 0.203. The van der Waals surface area contributed by atoms with E-state index >= 15 is 0 Å². The maximum atomic E-state index is 5.61. The first-order valence-electron chi connectivity index (χ1n) is 10.0. The molecule has 3 rings (SSSR count). The van der Waals surface area contributed by atoms with E-state index in [1.54, 1.807) is 13.3 Å². The number of hydrogen-bond acceptors (Lipinski definition) is 4. The maximum absolute atomic E-state index is 5.61. The second-order valence-corrected chi connectivity index (χ2v) is 7.19. The normalized spacial score (nSPS) is 11.3. The summed E-state index contributed by atoms with van der Waals surface area (Å²) in [7, 11) is 1.78. The average molecular weight is 522 g/mol. The van der Waals surface area contributed by atoms with Gasteiger partial charge in [0.15, 0.2) is 5.96 Å². The molecule has 3 aromatic rings. The van der Waals surface area contributed by atoms with E-state index in [9.17, 15) is 0 Å². The minimum absolute atomic E-state index is 0. The number of benzene rings is 1. The van der Waals surface area contributed by atoms with Gasteiger partial charge in [0.25, 0.3) is 0 Å². The summed E-state index contributed by atoms with van der Waals surface area (Å²) in [6, 6.07) is 10.3. The van der Waals surface area contributed by atoms with Crippen molar-refractivity contribution in [3.63, 3.8) is 0 Å². The predicted octanol–water partition coefficient (Wildman–Crippen LogP) is 3.88. The van der Waals surface area contributed by atoms with Gasteiger partial charge in [-0.2, -0.15) is 5.10 Å². The van der Waals surface area contributed by atoms with Crippen molar-refractivity contribution in [2.75, 3.05) is 20.1 Å². The van der Waals surface area contributed by atoms with Gasteiger partial charge in [0.1, 0.15) is 6.26 Å². The second kappa shape index (κ2) is 11.7. The van der Waals surface area contributed by atoms with E-state index in [4.69, 9.17) is 4.42 Å². The van der Waals surface area contributed by atoms with Crippen molar-refractivity contribution >= 4 is 29.9 Å². The van der Waals surface area contributed by atoms with Crippen LogP contribution in [0.4, 0.5) is 0 Å². The number of nitrogens with zero attached hydrogens (tertiary/aromatic N) is 4. The van der Waals surface area contributed by atoms with E-state index in [-0.39, 0.29) is 24.0 Å². The number of nitrogens with one attached hydrogen (secondary N) is 2. The average Bonchev–Trinajstić information content (AvgIpc) is 3.30. The highest BCUT2D eigenvalue weighted by Gasteiger charge is 2.07. The molecule has 162 valence electrons. The van der Waals surface area contributed by atoms with Gasteiger partial charge in [0.05, 0.1) is 11.4 Å². The van der Waals surface area contributed by atoms with Gasteiger partial charge >= 0.3 is 0 Å². The van der Waals surface area contributed by atoms with Crippen LogP contribution in [0.3, 0.4) is 0 Å². The van der Waals surface area contributed by atoms with E-state index in [0.29, 0.717) is 5.89 Å². The summed E-state index contributed by atoms with van der Waals surface area (Å²) in [5.74, 6) is 1.45. The lowest BCUT2D eigenvalue weighted by atomic mass is 10.1. The number of rotatable bonds is 8. The molecular formula is C22H31IN6O. The molecule has 0 amide bonds. The van der Waals surface area contributed by atoms with Gasteiger partial charge in [-0.1, -0.05) is 17.7 Å². The van der Waals surface area contributed by atoms with Crippen LogP contribution in [0.15, 0.2) is 46.0 Å². The van der Waals surface area contributed by atoms with Gasteiger partial charge < -0.3 is 15.1 Å². The second-order valence-electron chi connectivity index (χ2n) is 7.19. The molecule has 2 heterocycles. The van der Waals surface area contributed by atoms with Gasteiger partial charge in [0.2, 0.25) is 5.89 Å². The minimum atomic E-state index is 0. The summed E-state index contributed by atoms with van der Waals surface area (Å²) in [5.41, 5.74) is 5.40. The number of aromatic nitrogens is 3. The van der Waals surface area contributed by atoms with Crippen molar-refractivity contribution < 1.29 is 4.42 Å². The van der Waals surface area contributed by atoms with E-state index < -0.39 is 0 Å². The fourth-order valence-electron chi connectivity index (χ4n) is 3.12. The van der Waals surface area contributed by atoms with Crippen LogP contribution in [0, 0.1) is 20.8 Å². The molecule has 30 heavy (non-hydrogen) atoms. The molecule has 0 bridgehead atoms. The van der Waals surface area contributed by atoms with Crippen molar-refractivity contribution in [2.24, 2.45) is 4.99 Å². The summed E-state index contributed by atoms with van der Waals surface area (Å²) >= 11 is 0. The van der Waals surface area contributed by atoms with Gasteiger partial charge in [-0.15, -0.1) is 24.0 Å². The third-order valence-electron chi connectivity index (χ3n) is 4.69. The van der Waals surface area contributed by atoms with Crippen molar-refractivity contribution in [2.45, 2.75) is 40.2 Å². The molecule has 0 saturated heterocycles. The Kier molecular flexibility index (Phi) is 9.35. The molecular weight excluding hydrogens is 491 g/mol. The highest BCUT2D eigenvalue weighted by molar-refractivity contribution is 14.0. The standard InChI is InChI=1S/C22H30N6O.HI/c1-16-6-8-19(9-7-16)21-26-20(15-29-21)10-12-25-22(23-4)24-11-5-13-28-18(3)14-17(2)27-28;/h6-9,14-15H,5,10-13H2,1-4H3,(H2,23,24,25);1H. The van der Waals surface area contributed by atoms with E-state index in [0.717, 1.165) is 55.4 Å². The summed E-state index contributed by atoms with van der Waals surface area (Å²) in [4.78, 5) is 8.85. The summed E-state index contributed by atoms with van der Waals surface area (Å²) in [6.07, 6.45) is 3.47. The highest BCUT2D eigenvalue weighted by Crippen LogP contribution is 2.19. The SMILES string of the molecule is CN=C(NCCCn1nc(C)cc1C)NCCc1coc(-c2ccc(C)cc2)n1.I. The lowest BCUT2D eigenvalue weighted by Crippen LogP contribution is -2.39. The number of oxazole rings is 1. The molecule has 0 fully saturated rings. The Labute approximate surface area is 195 Å². The monoisotopic (exact) mass is 522 g/mol. The molecule has 0 aliphatic rings. The number of aliphatic imine (C=N–C) groups is 1. The molecule has 7 nitrogen and oxygen atoms in total. The number of guanidine groups is 1. The maximum Gasteiger partial charge on any atom is 0.226 e. The van der Waals surface area contributed by atoms with Crippen LogP contribution < -0.4 is 10.6 Å². The Morgan fingerprint density at radius 2 is 1.83 bits per heavy atom. The highest BCUT2D eigenvalue weighted by atomic mass is 127. The lowest BCUT2D eigenvalue weighted by molar-refractivity contribution is 0.555. The Morgan fingerprint density at radius 3 is 2.50 bits per heavy atom. The molecule has 0 atom stereocenters. The zero-order chi connectivity index (χ0) is 20.6. The van der Waals surface area contributed by atoms with Gasteiger partial charge in [-0.25, -0.2) is 4.98 Å². The van der Waals surface area contributed by atoms with Crippen LogP contribution in [-0.2, 0) is 13.0 Å². The number of halogens is 1. The third kappa shape index (κ3) is 6.86. The summed E-state index contributed by atoms with van der Waals surface area (Å²) in [5, 5.41) is 11.2. The fraction of sp³-hybridized carbons (Fsp3) is 0.409. The van der Waals surface area contributed by atoms with E-state index in [1.165, 1.54) is 11.3 Å². The van der Waals surface area contributed by atoms with E-state index in [1.807, 2.05) is 23.7 Å². The number of hydrogen-bond donors (Lipinski definition) is 2. The topological polar surface area (TPSA) is 80.3 Å². The van der Waals surface area contributed by atoms with Gasteiger partial charge in [0, 0.05) is 44.4 Å². The molecule has 0 unspecified atom stereocenters. The first-order chi connectivity index (χ1) is 14.0. The van der Waals surface area contributed by atoms with Crippen molar-refractivity contribution in [1.82, 2.24) is 25.4 Å². The molecule has 0 spiro atoms. The van der Waals surface area contributed by atoms with Crippen molar-refractivity contribution in [1.29, 1.82) is 0 Å². The van der Waals surface area contributed by atoms with Crippen molar-refractivity contribution in [3.8, 4) is 11.5 Å². The van der Waals surface area contributed by atoms with Crippen molar-refractivity contribution in [3.05, 3.63) is 59.2 Å². The zero-order valence-corrected chi connectivity index (χ0v) is 20.4. The molecule has 2 N–H and O–H groups in total. The number of aryl methyl sites for hydroxylation is 4. The van der Waals surface area contributed by atoms with Gasteiger partial charge in [-0.05, 0) is 45.4 Å². The van der Waals surface area contributed by atoms with Crippen LogP contribution in [0.25, 0.3) is 11.5 Å². The minimum Gasteiger partial charge on any atom is -0.444 e. The Morgan fingerprint density at radius 1 is 1.10 bits per heavy atom. The molecule has 0 radical (unpaired) electrons. The predicted molar refractivity (Wildman–Crippen MR) is 131 cm³/mol. The first-order valence-corrected chi connectivity index (χ1v) is 10.0. The Balaban J connectivity index is 0.00000320. The van der Waals surface area contributed by atoms with Crippen LogP contribution in [0.1, 0.15) is 29.1 Å². The van der Waals surface area contributed by atoms with Crippen LogP contribution in [0.2, 0.25) is 0 Å². The molecule has 0 saturated carbocycles. The lowest BCUT2D eigenvalue weighted by Gasteiger charge is -2.11. The smallest absolute Gasteiger partial charge is 0.226 e. The van der Waals surface area contributed by atoms with Crippen LogP contribution in [-0.4, -0.2) is 40.9 Å². The van der Waals surface area contributed by atoms with E-state index in [2.05, 4.69) is 57.8 Å².